The molecule has 0 aliphatic heterocycles. The molecule has 2 aliphatic rings. The number of ether oxygens (including phenoxy) is 2. The molecule has 2 unspecified atom stereocenters. The maximum atomic E-state index is 12.5. The number of rotatable bonds is 5. The van der Waals surface area contributed by atoms with Gasteiger partial charge in [-0.05, 0) is 66.8 Å². The fraction of sp³-hybridized carbons (Fsp3) is 0.333. The van der Waals surface area contributed by atoms with Crippen LogP contribution in [-0.4, -0.2) is 25.3 Å². The largest absolute Gasteiger partial charge is 0.493 e. The van der Waals surface area contributed by atoms with Crippen molar-refractivity contribution in [1.82, 2.24) is 0 Å². The zero-order chi connectivity index (χ0) is 18.3. The van der Waals surface area contributed by atoms with E-state index < -0.39 is 5.92 Å². The molecule has 130 valence electrons. The molecule has 0 radical (unpaired) electrons. The van der Waals surface area contributed by atoms with Gasteiger partial charge in [0.05, 0.1) is 13.0 Å². The lowest BCUT2D eigenvalue weighted by Crippen LogP contribution is -2.31. The first-order valence-corrected chi connectivity index (χ1v) is 8.30. The molecule has 25 heavy (non-hydrogen) atoms. The lowest BCUT2D eigenvalue weighted by atomic mass is 9.72. The molecular formula is C21H22O4. The highest BCUT2D eigenvalue weighted by molar-refractivity contribution is 6.11. The van der Waals surface area contributed by atoms with E-state index in [1.165, 1.54) is 6.92 Å². The summed E-state index contributed by atoms with van der Waals surface area (Å²) in [4.78, 5) is 24.7. The molecule has 2 atom stereocenters. The van der Waals surface area contributed by atoms with Gasteiger partial charge in [-0.1, -0.05) is 12.7 Å². The van der Waals surface area contributed by atoms with E-state index in [0.29, 0.717) is 18.1 Å². The predicted molar refractivity (Wildman–Crippen MR) is 97.0 cm³/mol. The Morgan fingerprint density at radius 3 is 2.60 bits per heavy atom. The monoisotopic (exact) mass is 338 g/mol. The molecule has 3 rings (SSSR count). The minimum Gasteiger partial charge on any atom is -0.493 e. The second kappa shape index (κ2) is 6.36. The van der Waals surface area contributed by atoms with Crippen molar-refractivity contribution in [3.63, 3.8) is 0 Å². The van der Waals surface area contributed by atoms with E-state index in [1.54, 1.807) is 19.3 Å². The number of ketones is 2. The summed E-state index contributed by atoms with van der Waals surface area (Å²) in [7, 11) is 1.58. The Balaban J connectivity index is 2.21. The van der Waals surface area contributed by atoms with Crippen LogP contribution < -0.4 is 9.47 Å². The molecule has 0 aromatic heterocycles. The van der Waals surface area contributed by atoms with Crippen molar-refractivity contribution in [1.29, 1.82) is 0 Å². The van der Waals surface area contributed by atoms with Crippen LogP contribution in [-0.2, 0) is 9.59 Å². The molecule has 4 heteroatoms. The third-order valence-electron chi connectivity index (χ3n) is 5.01. The van der Waals surface area contributed by atoms with Gasteiger partial charge in [0.15, 0.2) is 17.3 Å². The van der Waals surface area contributed by atoms with E-state index in [4.69, 9.17) is 9.47 Å². The van der Waals surface area contributed by atoms with Gasteiger partial charge in [0.2, 0.25) is 0 Å². The molecule has 4 nitrogen and oxygen atoms in total. The van der Waals surface area contributed by atoms with E-state index in [2.05, 4.69) is 6.58 Å². The molecule has 0 spiro atoms. The maximum absolute atomic E-state index is 12.5. The second-order valence-electron chi connectivity index (χ2n) is 6.52. The van der Waals surface area contributed by atoms with Gasteiger partial charge in [-0.25, -0.2) is 0 Å². The Morgan fingerprint density at radius 2 is 2.00 bits per heavy atom. The molecule has 0 heterocycles. The van der Waals surface area contributed by atoms with Gasteiger partial charge in [0, 0.05) is 5.92 Å². The maximum Gasteiger partial charge on any atom is 0.167 e. The summed E-state index contributed by atoms with van der Waals surface area (Å²) in [6.07, 6.45) is 3.27. The van der Waals surface area contributed by atoms with Crippen molar-refractivity contribution in [3.05, 3.63) is 53.1 Å². The first kappa shape index (κ1) is 17.2. The van der Waals surface area contributed by atoms with E-state index in [9.17, 15) is 9.59 Å². The van der Waals surface area contributed by atoms with Crippen LogP contribution in [0.15, 0.2) is 42.0 Å². The Hall–Kier alpha value is -2.62. The molecule has 0 N–H and O–H groups in total. The number of methoxy groups -OCH3 is 1. The normalized spacial score (nSPS) is 21.4. The summed E-state index contributed by atoms with van der Waals surface area (Å²) in [5.74, 6) is 0.0868. The number of allylic oxidation sites excluding steroid dienone is 4. The number of benzene rings is 1. The second-order valence-corrected chi connectivity index (χ2v) is 6.52. The first-order valence-electron chi connectivity index (χ1n) is 8.30. The van der Waals surface area contributed by atoms with E-state index in [1.807, 2.05) is 26.0 Å². The van der Waals surface area contributed by atoms with Crippen LogP contribution >= 0.6 is 0 Å². The van der Waals surface area contributed by atoms with Crippen LogP contribution in [0.5, 0.6) is 11.5 Å². The summed E-state index contributed by atoms with van der Waals surface area (Å²) >= 11 is 0. The molecule has 0 saturated carbocycles. The third-order valence-corrected chi connectivity index (χ3v) is 5.01. The standard InChI is InChI=1S/C21H22O4/c1-6-7-25-18-9-14-12(3)19-11(2)8-16(23)20(13(4)22)21(19)15(14)10-17(18)24-5/h6,8-10,20-21H,1,7H2,2-5H3. The van der Waals surface area contributed by atoms with E-state index in [-0.39, 0.29) is 17.5 Å². The van der Waals surface area contributed by atoms with Crippen LogP contribution in [0.25, 0.3) is 5.57 Å². The highest BCUT2D eigenvalue weighted by Crippen LogP contribution is 2.53. The summed E-state index contributed by atoms with van der Waals surface area (Å²) in [5.41, 5.74) is 5.04. The van der Waals surface area contributed by atoms with Gasteiger partial charge in [-0.3, -0.25) is 9.59 Å². The van der Waals surface area contributed by atoms with Crippen molar-refractivity contribution < 1.29 is 19.1 Å². The molecule has 0 saturated heterocycles. The molecule has 0 amide bonds. The minimum atomic E-state index is -0.667. The summed E-state index contributed by atoms with van der Waals surface area (Å²) < 4.78 is 11.2. The fourth-order valence-electron chi connectivity index (χ4n) is 3.98. The minimum absolute atomic E-state index is 0.108. The number of hydrogen-bond acceptors (Lipinski definition) is 4. The summed E-state index contributed by atoms with van der Waals surface area (Å²) in [5, 5.41) is 0. The first-order chi connectivity index (χ1) is 11.9. The summed E-state index contributed by atoms with van der Waals surface area (Å²) in [6.45, 7) is 9.49. The van der Waals surface area contributed by atoms with Crippen LogP contribution in [0.1, 0.15) is 37.8 Å². The topological polar surface area (TPSA) is 52.6 Å². The average molecular weight is 338 g/mol. The van der Waals surface area contributed by atoms with Gasteiger partial charge in [-0.15, -0.1) is 0 Å². The van der Waals surface area contributed by atoms with Gasteiger partial charge >= 0.3 is 0 Å². The number of fused-ring (bicyclic) bond motifs is 3. The molecular weight excluding hydrogens is 316 g/mol. The Kier molecular flexibility index (Phi) is 4.38. The van der Waals surface area contributed by atoms with E-state index >= 15 is 0 Å². The number of carbonyl (C=O) groups excluding carboxylic acids is 2. The average Bonchev–Trinajstić information content (AvgIpc) is 2.84. The Morgan fingerprint density at radius 1 is 1.28 bits per heavy atom. The van der Waals surface area contributed by atoms with Gasteiger partial charge in [0.25, 0.3) is 0 Å². The quantitative estimate of drug-likeness (QED) is 0.604. The van der Waals surface area contributed by atoms with Gasteiger partial charge < -0.3 is 9.47 Å². The van der Waals surface area contributed by atoms with Gasteiger partial charge in [0.1, 0.15) is 12.4 Å². The van der Waals surface area contributed by atoms with Crippen molar-refractivity contribution in [2.75, 3.05) is 13.7 Å². The Bertz CT molecular complexity index is 842. The van der Waals surface area contributed by atoms with Crippen molar-refractivity contribution in [3.8, 4) is 11.5 Å². The Labute approximate surface area is 147 Å². The zero-order valence-electron chi connectivity index (χ0n) is 15.0. The highest BCUT2D eigenvalue weighted by Gasteiger charge is 2.44. The predicted octanol–water partition coefficient (Wildman–Crippen LogP) is 3.86. The fourth-order valence-corrected chi connectivity index (χ4v) is 3.98. The molecule has 1 aromatic rings. The third kappa shape index (κ3) is 2.62. The van der Waals surface area contributed by atoms with Crippen molar-refractivity contribution >= 4 is 17.1 Å². The van der Waals surface area contributed by atoms with Crippen LogP contribution in [0.3, 0.4) is 0 Å². The van der Waals surface area contributed by atoms with E-state index in [0.717, 1.165) is 27.8 Å². The molecule has 0 bridgehead atoms. The van der Waals surface area contributed by atoms with Gasteiger partial charge in [-0.2, -0.15) is 0 Å². The van der Waals surface area contributed by atoms with Crippen LogP contribution in [0, 0.1) is 5.92 Å². The molecule has 1 aromatic carbocycles. The van der Waals surface area contributed by atoms with Crippen molar-refractivity contribution in [2.24, 2.45) is 5.92 Å². The number of Topliss-reactive ketones (excluding diaryl/α,β-unsaturated/α-hetero) is 1. The smallest absolute Gasteiger partial charge is 0.167 e. The number of hydrogen-bond donors (Lipinski definition) is 0. The van der Waals surface area contributed by atoms with Crippen LogP contribution in [0.2, 0.25) is 0 Å². The molecule has 2 aliphatic carbocycles. The lowest BCUT2D eigenvalue weighted by Gasteiger charge is -2.28. The van der Waals surface area contributed by atoms with Crippen molar-refractivity contribution in [2.45, 2.75) is 26.7 Å². The SMILES string of the molecule is C=CCOc1cc2c(cc1OC)C1C(=C2C)C(C)=CC(=O)C1C(C)=O. The highest BCUT2D eigenvalue weighted by atomic mass is 16.5. The van der Waals surface area contributed by atoms with Crippen LogP contribution in [0.4, 0.5) is 0 Å². The zero-order valence-corrected chi connectivity index (χ0v) is 15.0. The number of carbonyl (C=O) groups is 2. The molecule has 0 fully saturated rings. The lowest BCUT2D eigenvalue weighted by molar-refractivity contribution is -0.129. The summed E-state index contributed by atoms with van der Waals surface area (Å²) in [6, 6.07) is 3.84.